The Balaban J connectivity index is 2.82. The first-order valence-electron chi connectivity index (χ1n) is 4.42. The molecule has 0 heterocycles. The van der Waals surface area contributed by atoms with E-state index in [2.05, 4.69) is 21.2 Å². The average Bonchev–Trinajstić information content (AvgIpc) is 2.14. The summed E-state index contributed by atoms with van der Waals surface area (Å²) < 4.78 is 13.2. The molecule has 0 aromatic heterocycles. The monoisotopic (exact) mass is 275 g/mol. The van der Waals surface area contributed by atoms with Crippen LogP contribution in [0.15, 0.2) is 18.2 Å². The van der Waals surface area contributed by atoms with Gasteiger partial charge in [-0.1, -0.05) is 28.9 Å². The molecule has 0 spiro atoms. The predicted octanol–water partition coefficient (Wildman–Crippen LogP) is 2.04. The highest BCUT2D eigenvalue weighted by molar-refractivity contribution is 9.09. The first kappa shape index (κ1) is 12.0. The van der Waals surface area contributed by atoms with Crippen LogP contribution >= 0.6 is 15.9 Å². The van der Waals surface area contributed by atoms with Gasteiger partial charge in [0.2, 0.25) is 0 Å². The summed E-state index contributed by atoms with van der Waals surface area (Å²) in [6, 6.07) is 3.75. The molecule has 15 heavy (non-hydrogen) atoms. The van der Waals surface area contributed by atoms with Crippen LogP contribution in [0.5, 0.6) is 5.75 Å². The van der Waals surface area contributed by atoms with Gasteiger partial charge in [-0.2, -0.15) is 0 Å². The van der Waals surface area contributed by atoms with Crippen LogP contribution in [0.2, 0.25) is 0 Å². The smallest absolute Gasteiger partial charge is 0.258 e. The lowest BCUT2D eigenvalue weighted by Crippen LogP contribution is -2.29. The molecule has 1 aromatic carbocycles. The Morgan fingerprint density at radius 2 is 2.33 bits per heavy atom. The summed E-state index contributed by atoms with van der Waals surface area (Å²) in [5, 5.41) is 11.8. The van der Waals surface area contributed by atoms with Crippen LogP contribution in [0.25, 0.3) is 0 Å². The summed E-state index contributed by atoms with van der Waals surface area (Å²) in [4.78, 5) is 11.6. The van der Waals surface area contributed by atoms with Gasteiger partial charge in [0.15, 0.2) is 0 Å². The molecule has 0 aliphatic rings. The van der Waals surface area contributed by atoms with Gasteiger partial charge in [-0.05, 0) is 12.1 Å². The van der Waals surface area contributed by atoms with E-state index in [0.29, 0.717) is 6.54 Å². The molecule has 0 fully saturated rings. The number of halogens is 2. The summed E-state index contributed by atoms with van der Waals surface area (Å²) in [6.07, 6.45) is 0. The van der Waals surface area contributed by atoms with Crippen molar-refractivity contribution in [1.29, 1.82) is 0 Å². The predicted molar refractivity (Wildman–Crippen MR) is 58.8 cm³/mol. The van der Waals surface area contributed by atoms with Crippen LogP contribution in [0.1, 0.15) is 17.3 Å². The molecular weight excluding hydrogens is 265 g/mol. The molecule has 0 aliphatic heterocycles. The number of phenolic OH excluding ortho intramolecular Hbond substituents is 1. The standard InChI is InChI=1S/C10H11BrFNO2/c1-6(11)5-13-10(15)9-7(12)3-2-4-8(9)14/h2-4,6,14H,5H2,1H3,(H,13,15). The Morgan fingerprint density at radius 1 is 1.67 bits per heavy atom. The van der Waals surface area contributed by atoms with Crippen LogP contribution in [0.4, 0.5) is 4.39 Å². The number of nitrogens with one attached hydrogen (secondary N) is 1. The number of rotatable bonds is 3. The normalized spacial score (nSPS) is 12.2. The molecule has 1 rings (SSSR count). The van der Waals surface area contributed by atoms with E-state index >= 15 is 0 Å². The SMILES string of the molecule is CC(Br)CNC(=O)c1c(O)cccc1F. The highest BCUT2D eigenvalue weighted by Crippen LogP contribution is 2.19. The molecule has 1 atom stereocenters. The summed E-state index contributed by atoms with van der Waals surface area (Å²) in [5.41, 5.74) is -0.314. The van der Waals surface area contributed by atoms with Crippen molar-refractivity contribution in [2.75, 3.05) is 6.54 Å². The first-order chi connectivity index (χ1) is 7.02. The van der Waals surface area contributed by atoms with Gasteiger partial charge < -0.3 is 10.4 Å². The number of hydrogen-bond acceptors (Lipinski definition) is 2. The van der Waals surface area contributed by atoms with Gasteiger partial charge in [0.1, 0.15) is 17.1 Å². The molecule has 1 aromatic rings. The molecule has 0 saturated carbocycles. The lowest BCUT2D eigenvalue weighted by atomic mass is 10.1. The third-order valence-electron chi connectivity index (χ3n) is 1.76. The van der Waals surface area contributed by atoms with E-state index < -0.39 is 11.7 Å². The zero-order chi connectivity index (χ0) is 11.4. The Kier molecular flexibility index (Phi) is 4.08. The van der Waals surface area contributed by atoms with Crippen LogP contribution in [0.3, 0.4) is 0 Å². The number of amides is 1. The van der Waals surface area contributed by atoms with Gasteiger partial charge in [-0.15, -0.1) is 0 Å². The second kappa shape index (κ2) is 5.11. The number of benzene rings is 1. The Hall–Kier alpha value is -1.10. The molecule has 5 heteroatoms. The van der Waals surface area contributed by atoms with Crippen molar-refractivity contribution in [2.24, 2.45) is 0 Å². The zero-order valence-corrected chi connectivity index (χ0v) is 9.71. The van der Waals surface area contributed by atoms with E-state index in [-0.39, 0.29) is 16.1 Å². The van der Waals surface area contributed by atoms with Crippen LogP contribution < -0.4 is 5.32 Å². The molecule has 0 saturated heterocycles. The molecule has 0 radical (unpaired) electrons. The van der Waals surface area contributed by atoms with Crippen molar-refractivity contribution < 1.29 is 14.3 Å². The first-order valence-corrected chi connectivity index (χ1v) is 5.33. The van der Waals surface area contributed by atoms with E-state index in [1.165, 1.54) is 12.1 Å². The minimum Gasteiger partial charge on any atom is -0.507 e. The third kappa shape index (κ3) is 3.20. The van der Waals surface area contributed by atoms with Gasteiger partial charge >= 0.3 is 0 Å². The van der Waals surface area contributed by atoms with Gasteiger partial charge in [0.25, 0.3) is 5.91 Å². The van der Waals surface area contributed by atoms with Crippen molar-refractivity contribution in [1.82, 2.24) is 5.32 Å². The number of phenols is 1. The second-order valence-electron chi connectivity index (χ2n) is 3.12. The zero-order valence-electron chi connectivity index (χ0n) is 8.13. The van der Waals surface area contributed by atoms with Gasteiger partial charge in [-0.25, -0.2) is 4.39 Å². The fourth-order valence-electron chi connectivity index (χ4n) is 1.06. The minimum absolute atomic E-state index is 0.0929. The summed E-state index contributed by atoms with van der Waals surface area (Å²) >= 11 is 3.24. The average molecular weight is 276 g/mol. The highest BCUT2D eigenvalue weighted by atomic mass is 79.9. The maximum atomic E-state index is 13.2. The lowest BCUT2D eigenvalue weighted by Gasteiger charge is -2.08. The Bertz CT molecular complexity index is 348. The topological polar surface area (TPSA) is 49.3 Å². The molecule has 0 bridgehead atoms. The maximum Gasteiger partial charge on any atom is 0.258 e. The van der Waals surface area contributed by atoms with Crippen LogP contribution in [-0.4, -0.2) is 22.4 Å². The largest absolute Gasteiger partial charge is 0.507 e. The fourth-order valence-corrected chi connectivity index (χ4v) is 1.22. The van der Waals surface area contributed by atoms with Crippen molar-refractivity contribution >= 4 is 21.8 Å². The van der Waals surface area contributed by atoms with Crippen LogP contribution in [0, 0.1) is 5.82 Å². The molecule has 3 nitrogen and oxygen atoms in total. The Morgan fingerprint density at radius 3 is 2.87 bits per heavy atom. The quantitative estimate of drug-likeness (QED) is 0.830. The molecule has 2 N–H and O–H groups in total. The van der Waals surface area contributed by atoms with Crippen molar-refractivity contribution in [3.8, 4) is 5.75 Å². The molecule has 1 amide bonds. The van der Waals surface area contributed by atoms with E-state index in [9.17, 15) is 14.3 Å². The summed E-state index contributed by atoms with van der Waals surface area (Å²) in [7, 11) is 0. The number of alkyl halides is 1. The van der Waals surface area contributed by atoms with Gasteiger partial charge in [0.05, 0.1) is 0 Å². The number of carbonyl (C=O) groups excluding carboxylic acids is 1. The Labute approximate surface area is 95.4 Å². The number of hydrogen-bond donors (Lipinski definition) is 2. The van der Waals surface area contributed by atoms with Crippen LogP contribution in [-0.2, 0) is 0 Å². The molecular formula is C10H11BrFNO2. The number of aromatic hydroxyl groups is 1. The number of carbonyl (C=O) groups is 1. The van der Waals surface area contributed by atoms with E-state index in [4.69, 9.17) is 0 Å². The summed E-state index contributed by atoms with van der Waals surface area (Å²) in [6.45, 7) is 2.22. The van der Waals surface area contributed by atoms with Gasteiger partial charge in [0, 0.05) is 11.4 Å². The lowest BCUT2D eigenvalue weighted by molar-refractivity contribution is 0.0947. The summed E-state index contributed by atoms with van der Waals surface area (Å²) in [5.74, 6) is -1.69. The molecule has 82 valence electrons. The van der Waals surface area contributed by atoms with E-state index in [1.807, 2.05) is 6.92 Å². The van der Waals surface area contributed by atoms with Crippen molar-refractivity contribution in [3.05, 3.63) is 29.6 Å². The highest BCUT2D eigenvalue weighted by Gasteiger charge is 2.16. The van der Waals surface area contributed by atoms with Gasteiger partial charge in [-0.3, -0.25) is 4.79 Å². The van der Waals surface area contributed by atoms with E-state index in [0.717, 1.165) is 6.07 Å². The maximum absolute atomic E-state index is 13.2. The van der Waals surface area contributed by atoms with E-state index in [1.54, 1.807) is 0 Å². The van der Waals surface area contributed by atoms with Crippen molar-refractivity contribution in [2.45, 2.75) is 11.8 Å². The third-order valence-corrected chi connectivity index (χ3v) is 2.09. The second-order valence-corrected chi connectivity index (χ2v) is 4.69. The fraction of sp³-hybridized carbons (Fsp3) is 0.300. The molecule has 1 unspecified atom stereocenters. The van der Waals surface area contributed by atoms with Crippen molar-refractivity contribution in [3.63, 3.8) is 0 Å². The molecule has 0 aliphatic carbocycles. The minimum atomic E-state index is -0.727.